The van der Waals surface area contributed by atoms with Crippen LogP contribution in [0.2, 0.25) is 0 Å². The van der Waals surface area contributed by atoms with Crippen molar-refractivity contribution in [2.24, 2.45) is 16.7 Å². The van der Waals surface area contributed by atoms with Gasteiger partial charge in [0.15, 0.2) is 0 Å². The highest BCUT2D eigenvalue weighted by atomic mass is 16.5. The SMILES string of the molecule is CCOC1(C)CCN(/C(N)=N/N)CC1. The van der Waals surface area contributed by atoms with Crippen molar-refractivity contribution < 1.29 is 4.74 Å². The zero-order valence-corrected chi connectivity index (χ0v) is 8.99. The van der Waals surface area contributed by atoms with Gasteiger partial charge in [-0.25, -0.2) is 0 Å². The lowest BCUT2D eigenvalue weighted by atomic mass is 9.93. The van der Waals surface area contributed by atoms with Crippen LogP contribution in [0.15, 0.2) is 5.10 Å². The molecule has 1 heterocycles. The fraction of sp³-hybridized carbons (Fsp3) is 0.889. The van der Waals surface area contributed by atoms with Crippen molar-refractivity contribution >= 4 is 5.96 Å². The first-order valence-corrected chi connectivity index (χ1v) is 5.03. The van der Waals surface area contributed by atoms with Crippen LogP contribution in [0, 0.1) is 0 Å². The number of guanidine groups is 1. The van der Waals surface area contributed by atoms with Gasteiger partial charge < -0.3 is 21.2 Å². The molecule has 5 heteroatoms. The molecule has 1 aliphatic heterocycles. The van der Waals surface area contributed by atoms with Gasteiger partial charge in [0.2, 0.25) is 5.96 Å². The lowest BCUT2D eigenvalue weighted by molar-refractivity contribution is -0.0571. The van der Waals surface area contributed by atoms with E-state index in [1.165, 1.54) is 0 Å². The predicted molar refractivity (Wildman–Crippen MR) is 56.6 cm³/mol. The molecule has 1 saturated heterocycles. The molecule has 0 radical (unpaired) electrons. The van der Waals surface area contributed by atoms with Crippen LogP contribution < -0.4 is 11.6 Å². The van der Waals surface area contributed by atoms with Crippen molar-refractivity contribution in [2.45, 2.75) is 32.3 Å². The smallest absolute Gasteiger partial charge is 0.213 e. The van der Waals surface area contributed by atoms with Crippen molar-refractivity contribution in [2.75, 3.05) is 19.7 Å². The van der Waals surface area contributed by atoms with Gasteiger partial charge in [0.25, 0.3) is 0 Å². The Bertz CT molecular complexity index is 209. The molecule has 0 aromatic heterocycles. The summed E-state index contributed by atoms with van der Waals surface area (Å²) in [4.78, 5) is 1.99. The maximum atomic E-state index is 5.69. The number of hydrogen-bond acceptors (Lipinski definition) is 3. The Morgan fingerprint density at radius 2 is 2.07 bits per heavy atom. The monoisotopic (exact) mass is 200 g/mol. The number of nitrogens with zero attached hydrogens (tertiary/aromatic N) is 2. The van der Waals surface area contributed by atoms with E-state index in [0.29, 0.717) is 5.96 Å². The molecule has 1 aliphatic rings. The average Bonchev–Trinajstić information content (AvgIpc) is 2.18. The number of ether oxygens (including phenoxy) is 1. The van der Waals surface area contributed by atoms with E-state index in [1.54, 1.807) is 0 Å². The van der Waals surface area contributed by atoms with E-state index in [4.69, 9.17) is 16.3 Å². The molecular weight excluding hydrogens is 180 g/mol. The van der Waals surface area contributed by atoms with Crippen molar-refractivity contribution in [3.05, 3.63) is 0 Å². The number of hydrogen-bond donors (Lipinski definition) is 2. The molecule has 0 atom stereocenters. The molecule has 0 aromatic rings. The zero-order chi connectivity index (χ0) is 10.6. The van der Waals surface area contributed by atoms with Gasteiger partial charge in [-0.1, -0.05) is 0 Å². The van der Waals surface area contributed by atoms with E-state index in [2.05, 4.69) is 12.0 Å². The topological polar surface area (TPSA) is 76.9 Å². The van der Waals surface area contributed by atoms with Crippen LogP contribution in [-0.2, 0) is 4.74 Å². The maximum Gasteiger partial charge on any atom is 0.213 e. The van der Waals surface area contributed by atoms with Gasteiger partial charge in [-0.05, 0) is 26.7 Å². The molecule has 0 bridgehead atoms. The molecular formula is C9H20N4O. The molecule has 0 amide bonds. The number of hydrazone groups is 1. The molecule has 14 heavy (non-hydrogen) atoms. The number of piperidine rings is 1. The highest BCUT2D eigenvalue weighted by molar-refractivity contribution is 5.77. The summed E-state index contributed by atoms with van der Waals surface area (Å²) in [5.74, 6) is 5.54. The molecule has 0 saturated carbocycles. The minimum Gasteiger partial charge on any atom is -0.375 e. The van der Waals surface area contributed by atoms with Gasteiger partial charge >= 0.3 is 0 Å². The van der Waals surface area contributed by atoms with E-state index >= 15 is 0 Å². The third-order valence-electron chi connectivity index (χ3n) is 2.77. The molecule has 1 fully saturated rings. The molecule has 0 aromatic carbocycles. The Morgan fingerprint density at radius 3 is 2.50 bits per heavy atom. The van der Waals surface area contributed by atoms with Crippen molar-refractivity contribution in [3.8, 4) is 0 Å². The molecule has 5 nitrogen and oxygen atoms in total. The van der Waals surface area contributed by atoms with Gasteiger partial charge in [0.05, 0.1) is 5.60 Å². The Hall–Kier alpha value is -0.970. The summed E-state index contributed by atoms with van der Waals surface area (Å²) in [5.41, 5.74) is 5.62. The highest BCUT2D eigenvalue weighted by Gasteiger charge is 2.30. The van der Waals surface area contributed by atoms with Crippen molar-refractivity contribution in [1.82, 2.24) is 4.90 Å². The lowest BCUT2D eigenvalue weighted by Gasteiger charge is -2.39. The maximum absolute atomic E-state index is 5.69. The first-order chi connectivity index (χ1) is 6.61. The summed E-state index contributed by atoms with van der Waals surface area (Å²) < 4.78 is 5.69. The Kier molecular flexibility index (Phi) is 3.57. The van der Waals surface area contributed by atoms with Crippen LogP contribution in [-0.4, -0.2) is 36.2 Å². The fourth-order valence-electron chi connectivity index (χ4n) is 1.78. The van der Waals surface area contributed by atoms with Crippen LogP contribution in [0.4, 0.5) is 0 Å². The zero-order valence-electron chi connectivity index (χ0n) is 8.99. The summed E-state index contributed by atoms with van der Waals surface area (Å²) in [7, 11) is 0. The highest BCUT2D eigenvalue weighted by Crippen LogP contribution is 2.25. The Labute approximate surface area is 85.1 Å². The first kappa shape index (κ1) is 11.1. The van der Waals surface area contributed by atoms with E-state index < -0.39 is 0 Å². The molecule has 0 spiro atoms. The fourth-order valence-corrected chi connectivity index (χ4v) is 1.78. The first-order valence-electron chi connectivity index (χ1n) is 5.03. The molecule has 0 aliphatic carbocycles. The van der Waals surface area contributed by atoms with Crippen LogP contribution in [0.1, 0.15) is 26.7 Å². The largest absolute Gasteiger partial charge is 0.375 e. The van der Waals surface area contributed by atoms with Crippen molar-refractivity contribution in [1.29, 1.82) is 0 Å². The van der Waals surface area contributed by atoms with Gasteiger partial charge in [-0.15, -0.1) is 5.10 Å². The molecule has 4 N–H and O–H groups in total. The van der Waals surface area contributed by atoms with E-state index in [1.807, 2.05) is 11.8 Å². The van der Waals surface area contributed by atoms with Crippen LogP contribution in [0.25, 0.3) is 0 Å². The summed E-state index contributed by atoms with van der Waals surface area (Å²) in [6.45, 7) is 6.65. The minimum atomic E-state index is 0.000128. The standard InChI is InChI=1S/C9H20N4O/c1-3-14-9(2)4-6-13(7-5-9)8(10)12-11/h3-7,11H2,1-2H3,(H2,10,12). The normalized spacial score (nSPS) is 22.4. The Morgan fingerprint density at radius 1 is 1.50 bits per heavy atom. The molecule has 1 rings (SSSR count). The lowest BCUT2D eigenvalue weighted by Crippen LogP contribution is -2.49. The number of likely N-dealkylation sites (tertiary alicyclic amines) is 1. The van der Waals surface area contributed by atoms with Crippen LogP contribution in [0.5, 0.6) is 0 Å². The van der Waals surface area contributed by atoms with Crippen LogP contribution in [0.3, 0.4) is 0 Å². The Balaban J connectivity index is 2.45. The number of rotatable bonds is 2. The van der Waals surface area contributed by atoms with Gasteiger partial charge in [0.1, 0.15) is 0 Å². The molecule has 0 unspecified atom stereocenters. The second-order valence-corrected chi connectivity index (χ2v) is 3.86. The van der Waals surface area contributed by atoms with Crippen LogP contribution >= 0.6 is 0 Å². The summed E-state index contributed by atoms with van der Waals surface area (Å²) in [5, 5.41) is 3.49. The second-order valence-electron chi connectivity index (χ2n) is 3.86. The summed E-state index contributed by atoms with van der Waals surface area (Å²) >= 11 is 0. The number of nitrogens with two attached hydrogens (primary N) is 2. The van der Waals surface area contributed by atoms with E-state index in [0.717, 1.165) is 32.5 Å². The summed E-state index contributed by atoms with van der Waals surface area (Å²) in [6.07, 6.45) is 1.94. The average molecular weight is 200 g/mol. The minimum absolute atomic E-state index is 0.000128. The molecule has 82 valence electrons. The van der Waals surface area contributed by atoms with Gasteiger partial charge in [-0.3, -0.25) is 0 Å². The van der Waals surface area contributed by atoms with Gasteiger partial charge in [0, 0.05) is 19.7 Å². The van der Waals surface area contributed by atoms with Crippen molar-refractivity contribution in [3.63, 3.8) is 0 Å². The third-order valence-corrected chi connectivity index (χ3v) is 2.77. The summed E-state index contributed by atoms with van der Waals surface area (Å²) in [6, 6.07) is 0. The predicted octanol–water partition coefficient (Wildman–Crippen LogP) is 0.0658. The van der Waals surface area contributed by atoms with Gasteiger partial charge in [-0.2, -0.15) is 0 Å². The quantitative estimate of drug-likeness (QED) is 0.286. The second kappa shape index (κ2) is 4.50. The third kappa shape index (κ3) is 2.51. The van der Waals surface area contributed by atoms with E-state index in [-0.39, 0.29) is 5.60 Å². The van der Waals surface area contributed by atoms with E-state index in [9.17, 15) is 0 Å².